The average molecular weight is 1170 g/mol. The predicted molar refractivity (Wildman–Crippen MR) is 259 cm³/mol. The molecule has 398 valence electrons. The van der Waals surface area contributed by atoms with E-state index < -0.39 is 78.3 Å². The fraction of sp³-hybridized carbons (Fsp3) is 0.162. The molecule has 6 aromatic rings. The highest BCUT2D eigenvalue weighted by Gasteiger charge is 2.23. The topological polar surface area (TPSA) is 422 Å². The number of benzene rings is 5. The highest BCUT2D eigenvalue weighted by molar-refractivity contribution is 7.94. The average Bonchev–Trinajstić information content (AvgIpc) is 3.35. The molecule has 0 aliphatic carbocycles. The molecule has 37 heteroatoms. The van der Waals surface area contributed by atoms with E-state index in [0.717, 1.165) is 0 Å². The Balaban J connectivity index is 1.38. The van der Waals surface area contributed by atoms with Crippen molar-refractivity contribution in [3.8, 4) is 5.75 Å². The Morgan fingerprint density at radius 2 is 1.23 bits per heavy atom. The van der Waals surface area contributed by atoms with Gasteiger partial charge in [-0.25, -0.2) is 32.6 Å². The van der Waals surface area contributed by atoms with Crippen LogP contribution in [0.3, 0.4) is 0 Å². The smallest absolute Gasteiger partial charge is 0.296 e. The van der Waals surface area contributed by atoms with Gasteiger partial charge in [0.15, 0.2) is 50.1 Å². The number of hydrogen-bond acceptors (Lipinski definition) is 31. The van der Waals surface area contributed by atoms with Gasteiger partial charge in [-0.2, -0.15) is 31.8 Å². The van der Waals surface area contributed by atoms with Crippen molar-refractivity contribution in [3.63, 3.8) is 0 Å². The molecule has 0 saturated carbocycles. The summed E-state index contributed by atoms with van der Waals surface area (Å²) in [4.78, 5) is 13.2. The van der Waals surface area contributed by atoms with Gasteiger partial charge in [0.2, 0.25) is 17.8 Å². The summed E-state index contributed by atoms with van der Waals surface area (Å²) in [6, 6.07) is 18.9. The Hall–Kier alpha value is -5.50. The minimum atomic E-state index is -5.04. The standard InChI is InChI=1S/C37H36N8O22S7/c1-2-45(25-7-9-26(10-8-25)71(50,51)16-14-60-69-66-63-48)37-41-35(38-23-4-3-5-27(20-23)72(52,53)17-15-61-70-67-64-49)40-36(42-37)39-24-6-12-29-22(18-24)19-31(68-65-62-47)33(34(29)46)44-43-30-21-28(73(54,55)56)11-13-32(30)74(57,58)59/h3-13,18-21,46-49H,2,14-17H2,1H3,(H,54,55,56)(H,57,58,59)(H2,38,39,40,41,42). The number of azo groups is 1. The molecular weight excluding hydrogens is 1130 g/mol. The summed E-state index contributed by atoms with van der Waals surface area (Å²) in [5.74, 6) is -1.86. The van der Waals surface area contributed by atoms with Crippen molar-refractivity contribution < 1.29 is 100 Å². The summed E-state index contributed by atoms with van der Waals surface area (Å²) in [5.41, 5.74) is -0.348. The number of sulfone groups is 2. The molecule has 0 radical (unpaired) electrons. The first-order valence-electron chi connectivity index (χ1n) is 19.9. The number of hydrogen-bond donors (Lipinski definition) is 8. The summed E-state index contributed by atoms with van der Waals surface area (Å²) in [6.07, 6.45) is 0. The number of phenols is 1. The second kappa shape index (κ2) is 25.8. The molecule has 0 amide bonds. The van der Waals surface area contributed by atoms with E-state index in [-0.39, 0.29) is 111 Å². The Morgan fingerprint density at radius 1 is 0.635 bits per heavy atom. The lowest BCUT2D eigenvalue weighted by Crippen LogP contribution is -2.21. The zero-order valence-electron chi connectivity index (χ0n) is 37.0. The summed E-state index contributed by atoms with van der Waals surface area (Å²) in [7, 11) is -17.8. The molecule has 0 bridgehead atoms. The van der Waals surface area contributed by atoms with Crippen LogP contribution in [0.2, 0.25) is 0 Å². The van der Waals surface area contributed by atoms with Crippen molar-refractivity contribution >= 4 is 134 Å². The third-order valence-electron chi connectivity index (χ3n) is 9.45. The van der Waals surface area contributed by atoms with Crippen LogP contribution in [0.5, 0.6) is 5.75 Å². The van der Waals surface area contributed by atoms with Gasteiger partial charge in [0, 0.05) is 29.0 Å². The van der Waals surface area contributed by atoms with Gasteiger partial charge >= 0.3 is 0 Å². The van der Waals surface area contributed by atoms with Crippen LogP contribution in [0.25, 0.3) is 10.8 Å². The van der Waals surface area contributed by atoms with Crippen LogP contribution in [0, 0.1) is 0 Å². The fourth-order valence-electron chi connectivity index (χ4n) is 6.25. The minimum absolute atomic E-state index is 0.0142. The summed E-state index contributed by atoms with van der Waals surface area (Å²) in [6.45, 7) is 1.26. The molecule has 30 nitrogen and oxygen atoms in total. The van der Waals surface area contributed by atoms with Gasteiger partial charge in [-0.15, -0.1) is 23.2 Å². The monoisotopic (exact) mass is 1170 g/mol. The quantitative estimate of drug-likeness (QED) is 0.00598. The molecule has 5 aromatic carbocycles. The van der Waals surface area contributed by atoms with Crippen LogP contribution in [0.15, 0.2) is 126 Å². The molecule has 0 atom stereocenters. The number of nitrogens with one attached hydrogen (secondary N) is 2. The highest BCUT2D eigenvalue weighted by Crippen LogP contribution is 2.45. The fourth-order valence-corrected chi connectivity index (χ4v) is 10.7. The Morgan fingerprint density at radius 3 is 1.81 bits per heavy atom. The highest BCUT2D eigenvalue weighted by atomic mass is 32.2. The van der Waals surface area contributed by atoms with E-state index in [0.29, 0.717) is 23.9 Å². The maximum atomic E-state index is 13.2. The number of anilines is 6. The number of aromatic nitrogens is 3. The molecule has 0 aliphatic heterocycles. The molecule has 0 aliphatic rings. The van der Waals surface area contributed by atoms with E-state index >= 15 is 0 Å². The van der Waals surface area contributed by atoms with Crippen molar-refractivity contribution in [3.05, 3.63) is 91.0 Å². The number of rotatable bonds is 28. The lowest BCUT2D eigenvalue weighted by Gasteiger charge is -2.22. The van der Waals surface area contributed by atoms with Gasteiger partial charge in [0.25, 0.3) is 20.2 Å². The second-order valence-electron chi connectivity index (χ2n) is 14.0. The number of phenolic OH excluding ortho intramolecular Hbond substituents is 1. The first-order chi connectivity index (χ1) is 35.2. The largest absolute Gasteiger partial charge is 0.505 e. The minimum Gasteiger partial charge on any atom is -0.505 e. The van der Waals surface area contributed by atoms with E-state index in [1.807, 2.05) is 0 Å². The molecule has 74 heavy (non-hydrogen) atoms. The molecule has 0 fully saturated rings. The van der Waals surface area contributed by atoms with E-state index in [2.05, 4.69) is 63.9 Å². The molecule has 8 N–H and O–H groups in total. The van der Waals surface area contributed by atoms with Crippen LogP contribution in [0.4, 0.5) is 46.3 Å². The third kappa shape index (κ3) is 15.5. The first-order valence-corrected chi connectivity index (χ1v) is 28.1. The van der Waals surface area contributed by atoms with Crippen LogP contribution in [0.1, 0.15) is 6.92 Å². The van der Waals surface area contributed by atoms with Gasteiger partial charge in [0.05, 0.1) is 56.3 Å². The lowest BCUT2D eigenvalue weighted by molar-refractivity contribution is -0.434. The zero-order valence-corrected chi connectivity index (χ0v) is 42.7. The third-order valence-corrected chi connectivity index (χ3v) is 15.9. The van der Waals surface area contributed by atoms with Gasteiger partial charge in [-0.05, 0) is 97.2 Å². The Labute approximate surface area is 431 Å². The lowest BCUT2D eigenvalue weighted by atomic mass is 10.1. The van der Waals surface area contributed by atoms with Gasteiger partial charge < -0.3 is 20.6 Å². The molecule has 0 unspecified atom stereocenters. The first kappa shape index (κ1) is 57.8. The van der Waals surface area contributed by atoms with Crippen LogP contribution >= 0.6 is 36.7 Å². The molecule has 1 heterocycles. The maximum Gasteiger partial charge on any atom is 0.296 e. The molecule has 1 aromatic heterocycles. The van der Waals surface area contributed by atoms with E-state index in [1.165, 1.54) is 72.8 Å². The SMILES string of the molecule is CCN(c1ccc(S(=O)(=O)CCOSOOO)cc1)c1nc(Nc2cccc(S(=O)(=O)CCOSOOO)c2)nc(Nc2ccc3c(O)c(N=Nc4cc(S(=O)(=O)O)ccc4S(=O)(=O)O)c(SOOO)cc3c2)n1. The van der Waals surface area contributed by atoms with Gasteiger partial charge in [-0.3, -0.25) is 17.5 Å². The molecule has 6 rings (SSSR count). The normalized spacial score (nSPS) is 12.4. The van der Waals surface area contributed by atoms with E-state index in [1.54, 1.807) is 11.8 Å². The Kier molecular flexibility index (Phi) is 20.2. The van der Waals surface area contributed by atoms with E-state index in [4.69, 9.17) is 24.1 Å². The van der Waals surface area contributed by atoms with Crippen LogP contribution in [-0.2, 0) is 76.4 Å². The van der Waals surface area contributed by atoms with Gasteiger partial charge in [0.1, 0.15) is 16.3 Å². The van der Waals surface area contributed by atoms with Crippen molar-refractivity contribution in [2.75, 3.05) is 46.8 Å². The molecule has 0 spiro atoms. The van der Waals surface area contributed by atoms with Crippen LogP contribution in [-0.4, -0.2) is 110 Å². The van der Waals surface area contributed by atoms with Crippen molar-refractivity contribution in [2.45, 2.75) is 31.4 Å². The van der Waals surface area contributed by atoms with Crippen molar-refractivity contribution in [1.82, 2.24) is 15.0 Å². The number of fused-ring (bicyclic) bond motifs is 1. The maximum absolute atomic E-state index is 13.2. The summed E-state index contributed by atoms with van der Waals surface area (Å²) < 4.78 is 142. The zero-order chi connectivity index (χ0) is 53.7. The number of aromatic hydroxyl groups is 1. The second-order valence-corrected chi connectivity index (χ2v) is 22.8. The Bertz CT molecular complexity index is 3440. The van der Waals surface area contributed by atoms with E-state index in [9.17, 15) is 47.9 Å². The predicted octanol–water partition coefficient (Wildman–Crippen LogP) is 7.26. The summed E-state index contributed by atoms with van der Waals surface area (Å²) in [5, 5.41) is 61.3. The van der Waals surface area contributed by atoms with Crippen LogP contribution < -0.4 is 15.5 Å². The summed E-state index contributed by atoms with van der Waals surface area (Å²) >= 11 is 0.716. The van der Waals surface area contributed by atoms with Gasteiger partial charge in [-0.1, -0.05) is 21.2 Å². The molecular formula is C37H36N8O22S7. The van der Waals surface area contributed by atoms with Crippen molar-refractivity contribution in [2.24, 2.45) is 10.2 Å². The molecule has 0 saturated heterocycles. The van der Waals surface area contributed by atoms with Crippen molar-refractivity contribution in [1.29, 1.82) is 0 Å². The number of nitrogens with zero attached hydrogens (tertiary/aromatic N) is 6.